The minimum absolute atomic E-state index is 0. The summed E-state index contributed by atoms with van der Waals surface area (Å²) in [7, 11) is 1.85. The van der Waals surface area contributed by atoms with E-state index in [1.165, 1.54) is 4.90 Å². The summed E-state index contributed by atoms with van der Waals surface area (Å²) in [5.74, 6) is 1.98. The van der Waals surface area contributed by atoms with Crippen LogP contribution in [0.25, 0.3) is 0 Å². The van der Waals surface area contributed by atoms with Crippen LogP contribution in [0.2, 0.25) is 0 Å². The molecule has 3 rings (SSSR count). The molecule has 0 saturated carbocycles. The van der Waals surface area contributed by atoms with Crippen molar-refractivity contribution in [3.63, 3.8) is 0 Å². The number of halogens is 1. The topological polar surface area (TPSA) is 46.1 Å². The first-order chi connectivity index (χ1) is 11.9. The van der Waals surface area contributed by atoms with Gasteiger partial charge in [-0.15, -0.1) is 35.7 Å². The van der Waals surface area contributed by atoms with E-state index in [1.54, 1.807) is 0 Å². The Labute approximate surface area is 171 Å². The van der Waals surface area contributed by atoms with E-state index in [1.807, 2.05) is 24.9 Å². The SMILES string of the molecule is CN=C(NCCSc1ccccc1)N1CCOC(C2CCCO2)C1.I. The van der Waals surface area contributed by atoms with Crippen LogP contribution in [0.3, 0.4) is 0 Å². The van der Waals surface area contributed by atoms with Crippen LogP contribution in [0.15, 0.2) is 40.2 Å². The molecule has 7 heteroatoms. The molecule has 1 aromatic rings. The molecule has 2 aliphatic rings. The second-order valence-electron chi connectivity index (χ2n) is 6.04. The fourth-order valence-corrected chi connectivity index (χ4v) is 3.96. The summed E-state index contributed by atoms with van der Waals surface area (Å²) in [5, 5.41) is 3.48. The Balaban J connectivity index is 0.00000225. The van der Waals surface area contributed by atoms with E-state index in [0.29, 0.717) is 0 Å². The molecule has 25 heavy (non-hydrogen) atoms. The zero-order chi connectivity index (χ0) is 16.6. The lowest BCUT2D eigenvalue weighted by Gasteiger charge is -2.37. The maximum atomic E-state index is 5.92. The van der Waals surface area contributed by atoms with Crippen LogP contribution in [0.4, 0.5) is 0 Å². The van der Waals surface area contributed by atoms with Gasteiger partial charge in [0.2, 0.25) is 0 Å². The molecule has 0 amide bonds. The molecular formula is C18H28IN3O2S. The molecule has 0 bridgehead atoms. The van der Waals surface area contributed by atoms with E-state index in [4.69, 9.17) is 9.47 Å². The second-order valence-corrected chi connectivity index (χ2v) is 7.21. The van der Waals surface area contributed by atoms with Gasteiger partial charge in [-0.25, -0.2) is 0 Å². The number of hydrogen-bond acceptors (Lipinski definition) is 4. The Morgan fingerprint density at radius 3 is 2.76 bits per heavy atom. The highest BCUT2D eigenvalue weighted by molar-refractivity contribution is 14.0. The second kappa shape index (κ2) is 11.3. The number of thioether (sulfide) groups is 1. The van der Waals surface area contributed by atoms with Crippen LogP contribution in [-0.4, -0.2) is 68.7 Å². The number of ether oxygens (including phenoxy) is 2. The molecule has 5 nitrogen and oxygen atoms in total. The summed E-state index contributed by atoms with van der Waals surface area (Å²) in [5.41, 5.74) is 0. The first kappa shape index (κ1) is 20.8. The summed E-state index contributed by atoms with van der Waals surface area (Å²) in [6.45, 7) is 4.25. The van der Waals surface area contributed by atoms with Gasteiger partial charge in [0, 0.05) is 43.9 Å². The highest BCUT2D eigenvalue weighted by atomic mass is 127. The van der Waals surface area contributed by atoms with Crippen LogP contribution in [-0.2, 0) is 9.47 Å². The molecule has 1 aromatic carbocycles. The number of rotatable bonds is 5. The number of nitrogens with zero attached hydrogens (tertiary/aromatic N) is 2. The molecule has 2 unspecified atom stereocenters. The molecule has 0 aromatic heterocycles. The van der Waals surface area contributed by atoms with Crippen molar-refractivity contribution in [2.24, 2.45) is 4.99 Å². The average Bonchev–Trinajstić information content (AvgIpc) is 3.18. The average molecular weight is 477 g/mol. The van der Waals surface area contributed by atoms with Crippen molar-refractivity contribution in [1.82, 2.24) is 10.2 Å². The molecule has 0 aliphatic carbocycles. The van der Waals surface area contributed by atoms with Gasteiger partial charge in [-0.3, -0.25) is 4.99 Å². The van der Waals surface area contributed by atoms with Gasteiger partial charge < -0.3 is 19.7 Å². The van der Waals surface area contributed by atoms with Crippen molar-refractivity contribution in [2.45, 2.75) is 29.9 Å². The fraction of sp³-hybridized carbons (Fsp3) is 0.611. The van der Waals surface area contributed by atoms with Crippen LogP contribution in [0.1, 0.15) is 12.8 Å². The Kier molecular flexibility index (Phi) is 9.36. The molecule has 2 atom stereocenters. The summed E-state index contributed by atoms with van der Waals surface area (Å²) < 4.78 is 11.7. The molecule has 2 fully saturated rings. The predicted molar refractivity (Wildman–Crippen MR) is 114 cm³/mol. The van der Waals surface area contributed by atoms with E-state index in [0.717, 1.165) is 57.4 Å². The molecule has 140 valence electrons. The van der Waals surface area contributed by atoms with E-state index in [2.05, 4.69) is 39.5 Å². The van der Waals surface area contributed by atoms with Crippen molar-refractivity contribution in [1.29, 1.82) is 0 Å². The van der Waals surface area contributed by atoms with Crippen LogP contribution >= 0.6 is 35.7 Å². The van der Waals surface area contributed by atoms with Crippen LogP contribution in [0.5, 0.6) is 0 Å². The lowest BCUT2D eigenvalue weighted by molar-refractivity contribution is -0.0816. The third kappa shape index (κ3) is 6.30. The van der Waals surface area contributed by atoms with Crippen molar-refractivity contribution >= 4 is 41.7 Å². The minimum atomic E-state index is 0. The van der Waals surface area contributed by atoms with Gasteiger partial charge in [-0.2, -0.15) is 0 Å². The zero-order valence-corrected chi connectivity index (χ0v) is 17.9. The Hall–Kier alpha value is -0.510. The Bertz CT molecular complexity index is 526. The normalized spacial score (nSPS) is 24.0. The quantitative estimate of drug-likeness (QED) is 0.232. The lowest BCUT2D eigenvalue weighted by Crippen LogP contribution is -2.53. The van der Waals surface area contributed by atoms with Gasteiger partial charge in [-0.05, 0) is 25.0 Å². The summed E-state index contributed by atoms with van der Waals surface area (Å²) in [4.78, 5) is 8.04. The van der Waals surface area contributed by atoms with Crippen molar-refractivity contribution in [3.8, 4) is 0 Å². The highest BCUT2D eigenvalue weighted by Gasteiger charge is 2.32. The number of guanidine groups is 1. The van der Waals surface area contributed by atoms with Gasteiger partial charge in [0.25, 0.3) is 0 Å². The predicted octanol–water partition coefficient (Wildman–Crippen LogP) is 2.85. The number of benzene rings is 1. The molecule has 1 N–H and O–H groups in total. The summed E-state index contributed by atoms with van der Waals surface area (Å²) >= 11 is 1.86. The van der Waals surface area contributed by atoms with Gasteiger partial charge >= 0.3 is 0 Å². The van der Waals surface area contributed by atoms with Crippen molar-refractivity contribution in [3.05, 3.63) is 30.3 Å². The monoisotopic (exact) mass is 477 g/mol. The number of aliphatic imine (C=N–C) groups is 1. The standard InChI is InChI=1S/C18H27N3O2S.HI/c1-19-18(20-9-13-24-15-6-3-2-4-7-15)21-10-12-23-17(14-21)16-8-5-11-22-16;/h2-4,6-7,16-17H,5,8-14H2,1H3,(H,19,20);1H. The highest BCUT2D eigenvalue weighted by Crippen LogP contribution is 2.21. The first-order valence-electron chi connectivity index (χ1n) is 8.73. The van der Waals surface area contributed by atoms with Crippen molar-refractivity contribution < 1.29 is 9.47 Å². The van der Waals surface area contributed by atoms with Gasteiger partial charge in [-0.1, -0.05) is 18.2 Å². The first-order valence-corrected chi connectivity index (χ1v) is 9.72. The van der Waals surface area contributed by atoms with Gasteiger partial charge in [0.05, 0.1) is 12.7 Å². The Morgan fingerprint density at radius 1 is 1.24 bits per heavy atom. The third-order valence-corrected chi connectivity index (χ3v) is 5.40. The smallest absolute Gasteiger partial charge is 0.193 e. The van der Waals surface area contributed by atoms with Crippen LogP contribution < -0.4 is 5.32 Å². The zero-order valence-electron chi connectivity index (χ0n) is 14.7. The molecule has 0 spiro atoms. The molecular weight excluding hydrogens is 449 g/mol. The third-order valence-electron chi connectivity index (χ3n) is 4.38. The van der Waals surface area contributed by atoms with Gasteiger partial charge in [0.1, 0.15) is 6.10 Å². The number of morpholine rings is 1. The molecule has 2 aliphatic heterocycles. The summed E-state index contributed by atoms with van der Waals surface area (Å²) in [6, 6.07) is 10.5. The molecule has 2 heterocycles. The molecule has 0 radical (unpaired) electrons. The van der Waals surface area contributed by atoms with E-state index in [9.17, 15) is 0 Å². The van der Waals surface area contributed by atoms with Gasteiger partial charge in [0.15, 0.2) is 5.96 Å². The van der Waals surface area contributed by atoms with Crippen molar-refractivity contribution in [2.75, 3.05) is 45.6 Å². The van der Waals surface area contributed by atoms with E-state index >= 15 is 0 Å². The lowest BCUT2D eigenvalue weighted by atomic mass is 10.1. The summed E-state index contributed by atoms with van der Waals surface area (Å²) in [6.07, 6.45) is 2.67. The fourth-order valence-electron chi connectivity index (χ4n) is 3.17. The van der Waals surface area contributed by atoms with Crippen LogP contribution in [0, 0.1) is 0 Å². The minimum Gasteiger partial charge on any atom is -0.375 e. The largest absolute Gasteiger partial charge is 0.375 e. The number of nitrogens with one attached hydrogen (secondary N) is 1. The maximum Gasteiger partial charge on any atom is 0.193 e. The maximum absolute atomic E-state index is 5.92. The number of hydrogen-bond donors (Lipinski definition) is 1. The van der Waals surface area contributed by atoms with E-state index < -0.39 is 0 Å². The molecule has 2 saturated heterocycles. The van der Waals surface area contributed by atoms with E-state index in [-0.39, 0.29) is 36.2 Å². The Morgan fingerprint density at radius 2 is 2.04 bits per heavy atom.